The summed E-state index contributed by atoms with van der Waals surface area (Å²) in [5.74, 6) is -0.658. The van der Waals surface area contributed by atoms with Crippen LogP contribution >= 0.6 is 0 Å². The molecule has 0 aromatic heterocycles. The maximum Gasteiger partial charge on any atom is 0.229 e. The Morgan fingerprint density at radius 1 is 1.44 bits per heavy atom. The summed E-state index contributed by atoms with van der Waals surface area (Å²) in [6.45, 7) is 5.06. The summed E-state index contributed by atoms with van der Waals surface area (Å²) in [4.78, 5) is 11.7. The standard InChI is InChI=1S/C12H16FNO2/c1-12(2,3)11(16)14-10-6-9(13)5-4-8(10)7-15/h4-6,15H,7H2,1-3H3,(H,14,16). The van der Waals surface area contributed by atoms with Crippen molar-refractivity contribution in [2.45, 2.75) is 27.4 Å². The molecule has 1 amide bonds. The molecule has 0 heterocycles. The van der Waals surface area contributed by atoms with Gasteiger partial charge in [-0.05, 0) is 12.1 Å². The fourth-order valence-corrected chi connectivity index (χ4v) is 1.11. The molecule has 0 saturated carbocycles. The van der Waals surface area contributed by atoms with Crippen molar-refractivity contribution < 1.29 is 14.3 Å². The molecule has 0 atom stereocenters. The number of anilines is 1. The van der Waals surface area contributed by atoms with E-state index in [1.165, 1.54) is 18.2 Å². The Morgan fingerprint density at radius 2 is 2.06 bits per heavy atom. The molecule has 0 fully saturated rings. The lowest BCUT2D eigenvalue weighted by Gasteiger charge is -2.19. The van der Waals surface area contributed by atoms with Gasteiger partial charge in [-0.2, -0.15) is 0 Å². The number of carbonyl (C=O) groups excluding carboxylic acids is 1. The molecule has 4 heteroatoms. The van der Waals surface area contributed by atoms with E-state index in [1.807, 2.05) is 0 Å². The SMILES string of the molecule is CC(C)(C)C(=O)Nc1cc(F)ccc1CO. The molecule has 88 valence electrons. The second-order valence-corrected chi connectivity index (χ2v) is 4.66. The van der Waals surface area contributed by atoms with Gasteiger partial charge in [0.05, 0.1) is 6.61 Å². The van der Waals surface area contributed by atoms with Gasteiger partial charge in [0.2, 0.25) is 5.91 Å². The van der Waals surface area contributed by atoms with Gasteiger partial charge in [0.15, 0.2) is 0 Å². The molecule has 3 nitrogen and oxygen atoms in total. The predicted octanol–water partition coefficient (Wildman–Crippen LogP) is 2.30. The lowest BCUT2D eigenvalue weighted by atomic mass is 9.95. The molecule has 0 radical (unpaired) electrons. The van der Waals surface area contributed by atoms with E-state index in [4.69, 9.17) is 5.11 Å². The molecule has 1 aromatic rings. The van der Waals surface area contributed by atoms with Crippen molar-refractivity contribution in [3.05, 3.63) is 29.6 Å². The molecule has 0 spiro atoms. The van der Waals surface area contributed by atoms with Gasteiger partial charge in [-0.25, -0.2) is 4.39 Å². The summed E-state index contributed by atoms with van der Waals surface area (Å²) in [6.07, 6.45) is 0. The fourth-order valence-electron chi connectivity index (χ4n) is 1.11. The number of carbonyl (C=O) groups is 1. The highest BCUT2D eigenvalue weighted by molar-refractivity contribution is 5.95. The van der Waals surface area contributed by atoms with Gasteiger partial charge in [-0.1, -0.05) is 26.8 Å². The van der Waals surface area contributed by atoms with Crippen molar-refractivity contribution in [3.8, 4) is 0 Å². The van der Waals surface area contributed by atoms with Gasteiger partial charge in [0.1, 0.15) is 5.82 Å². The zero-order valence-electron chi connectivity index (χ0n) is 9.67. The number of aliphatic hydroxyl groups excluding tert-OH is 1. The smallest absolute Gasteiger partial charge is 0.229 e. The minimum absolute atomic E-state index is 0.215. The van der Waals surface area contributed by atoms with E-state index < -0.39 is 11.2 Å². The number of nitrogens with one attached hydrogen (secondary N) is 1. The third kappa shape index (κ3) is 3.03. The Hall–Kier alpha value is -1.42. The van der Waals surface area contributed by atoms with E-state index in [0.29, 0.717) is 11.3 Å². The Labute approximate surface area is 94.3 Å². The normalized spacial score (nSPS) is 11.3. The van der Waals surface area contributed by atoms with Crippen molar-refractivity contribution >= 4 is 11.6 Å². The highest BCUT2D eigenvalue weighted by atomic mass is 19.1. The third-order valence-electron chi connectivity index (χ3n) is 2.17. The molecular formula is C12H16FNO2. The zero-order valence-corrected chi connectivity index (χ0v) is 9.67. The molecular weight excluding hydrogens is 209 g/mol. The Kier molecular flexibility index (Phi) is 3.65. The summed E-state index contributed by atoms with van der Waals surface area (Å²) >= 11 is 0. The maximum absolute atomic E-state index is 13.0. The molecule has 16 heavy (non-hydrogen) atoms. The molecule has 0 unspecified atom stereocenters. The number of hydrogen-bond donors (Lipinski definition) is 2. The average Bonchev–Trinajstić information content (AvgIpc) is 2.16. The second-order valence-electron chi connectivity index (χ2n) is 4.66. The van der Waals surface area contributed by atoms with E-state index in [2.05, 4.69) is 5.32 Å². The van der Waals surface area contributed by atoms with Crippen LogP contribution in [0.15, 0.2) is 18.2 Å². The van der Waals surface area contributed by atoms with Crippen molar-refractivity contribution in [1.29, 1.82) is 0 Å². The molecule has 2 N–H and O–H groups in total. The van der Waals surface area contributed by atoms with Crippen molar-refractivity contribution in [2.75, 3.05) is 5.32 Å². The first-order valence-electron chi connectivity index (χ1n) is 5.05. The van der Waals surface area contributed by atoms with Crippen molar-refractivity contribution in [2.24, 2.45) is 5.41 Å². The number of benzene rings is 1. The number of rotatable bonds is 2. The van der Waals surface area contributed by atoms with Crippen LogP contribution < -0.4 is 5.32 Å². The van der Waals surface area contributed by atoms with E-state index in [-0.39, 0.29) is 12.5 Å². The maximum atomic E-state index is 13.0. The summed E-state index contributed by atoms with van der Waals surface area (Å²) in [6, 6.07) is 3.90. The Balaban J connectivity index is 2.96. The summed E-state index contributed by atoms with van der Waals surface area (Å²) in [5.41, 5.74) is 0.264. The number of amides is 1. The van der Waals surface area contributed by atoms with Crippen LogP contribution in [0.5, 0.6) is 0 Å². The van der Waals surface area contributed by atoms with Crippen LogP contribution in [-0.4, -0.2) is 11.0 Å². The Bertz CT molecular complexity index is 396. The van der Waals surface area contributed by atoms with Gasteiger partial charge >= 0.3 is 0 Å². The Morgan fingerprint density at radius 3 is 2.56 bits per heavy atom. The molecule has 0 aliphatic rings. The van der Waals surface area contributed by atoms with E-state index in [1.54, 1.807) is 20.8 Å². The fraction of sp³-hybridized carbons (Fsp3) is 0.417. The molecule has 0 bridgehead atoms. The second kappa shape index (κ2) is 4.61. The van der Waals surface area contributed by atoms with Crippen LogP contribution in [0, 0.1) is 11.2 Å². The van der Waals surface area contributed by atoms with Gasteiger partial charge in [-0.15, -0.1) is 0 Å². The average molecular weight is 225 g/mol. The van der Waals surface area contributed by atoms with Gasteiger partial charge in [0.25, 0.3) is 0 Å². The molecule has 1 rings (SSSR count). The van der Waals surface area contributed by atoms with Crippen LogP contribution in [0.3, 0.4) is 0 Å². The van der Waals surface area contributed by atoms with Crippen LogP contribution in [-0.2, 0) is 11.4 Å². The minimum Gasteiger partial charge on any atom is -0.392 e. The zero-order chi connectivity index (χ0) is 12.3. The summed E-state index contributed by atoms with van der Waals surface area (Å²) in [5, 5.41) is 11.7. The monoisotopic (exact) mass is 225 g/mol. The topological polar surface area (TPSA) is 49.3 Å². The molecule has 0 saturated heterocycles. The van der Waals surface area contributed by atoms with Crippen LogP contribution in [0.4, 0.5) is 10.1 Å². The van der Waals surface area contributed by atoms with E-state index >= 15 is 0 Å². The first-order valence-corrected chi connectivity index (χ1v) is 5.05. The highest BCUT2D eigenvalue weighted by Gasteiger charge is 2.22. The van der Waals surface area contributed by atoms with Crippen LogP contribution in [0.1, 0.15) is 26.3 Å². The van der Waals surface area contributed by atoms with Crippen LogP contribution in [0.2, 0.25) is 0 Å². The first kappa shape index (κ1) is 12.6. The predicted molar refractivity (Wildman–Crippen MR) is 60.4 cm³/mol. The number of halogens is 1. The largest absolute Gasteiger partial charge is 0.392 e. The number of hydrogen-bond acceptors (Lipinski definition) is 2. The summed E-state index contributed by atoms with van der Waals surface area (Å²) < 4.78 is 13.0. The minimum atomic E-state index is -0.557. The van der Waals surface area contributed by atoms with Crippen LogP contribution in [0.25, 0.3) is 0 Å². The van der Waals surface area contributed by atoms with Crippen molar-refractivity contribution in [1.82, 2.24) is 0 Å². The number of aliphatic hydroxyl groups is 1. The molecule has 1 aromatic carbocycles. The van der Waals surface area contributed by atoms with Gasteiger partial charge in [0, 0.05) is 16.7 Å². The molecule has 0 aliphatic heterocycles. The van der Waals surface area contributed by atoms with Crippen molar-refractivity contribution in [3.63, 3.8) is 0 Å². The van der Waals surface area contributed by atoms with E-state index in [0.717, 1.165) is 0 Å². The van der Waals surface area contributed by atoms with E-state index in [9.17, 15) is 9.18 Å². The molecule has 0 aliphatic carbocycles. The lowest BCUT2D eigenvalue weighted by Crippen LogP contribution is -2.28. The first-order chi connectivity index (χ1) is 7.34. The van der Waals surface area contributed by atoms with Gasteiger partial charge in [-0.3, -0.25) is 4.79 Å². The quantitative estimate of drug-likeness (QED) is 0.811. The lowest BCUT2D eigenvalue weighted by molar-refractivity contribution is -0.123. The van der Waals surface area contributed by atoms with Gasteiger partial charge < -0.3 is 10.4 Å². The highest BCUT2D eigenvalue weighted by Crippen LogP contribution is 2.21. The summed E-state index contributed by atoms with van der Waals surface area (Å²) in [7, 11) is 0. The third-order valence-corrected chi connectivity index (χ3v) is 2.17.